The van der Waals surface area contributed by atoms with E-state index in [9.17, 15) is 0 Å². The van der Waals surface area contributed by atoms with E-state index >= 15 is 0 Å². The normalized spacial score (nSPS) is 10.9. The zero-order valence-corrected chi connectivity index (χ0v) is 7.42. The highest BCUT2D eigenvalue weighted by atomic mass is 16.3. The van der Waals surface area contributed by atoms with E-state index in [0.717, 1.165) is 16.8 Å². The molecule has 0 radical (unpaired) electrons. The Kier molecular flexibility index (Phi) is 1.44. The Balaban J connectivity index is 2.23. The zero-order valence-electron chi connectivity index (χ0n) is 7.42. The van der Waals surface area contributed by atoms with Crippen LogP contribution in [0.5, 0.6) is 0 Å². The fourth-order valence-electron chi connectivity index (χ4n) is 1.52. The number of fused-ring (bicyclic) bond motifs is 1. The van der Waals surface area contributed by atoms with E-state index in [1.165, 1.54) is 0 Å². The summed E-state index contributed by atoms with van der Waals surface area (Å²) < 4.78 is 7.03. The minimum absolute atomic E-state index is 0.956. The second-order valence-electron chi connectivity index (χ2n) is 3.12. The fourth-order valence-corrected chi connectivity index (χ4v) is 1.52. The molecule has 14 heavy (non-hydrogen) atoms. The minimum atomic E-state index is 0.956. The number of nitrogens with zero attached hydrogens (tertiary/aromatic N) is 2. The van der Waals surface area contributed by atoms with Crippen molar-refractivity contribution >= 4 is 5.65 Å². The lowest BCUT2D eigenvalue weighted by Crippen LogP contribution is -1.83. The number of furan rings is 1. The molecule has 0 saturated heterocycles. The summed E-state index contributed by atoms with van der Waals surface area (Å²) in [5.41, 5.74) is 3.17. The largest absolute Gasteiger partial charge is 0.472 e. The van der Waals surface area contributed by atoms with Crippen molar-refractivity contribution < 1.29 is 4.42 Å². The Bertz CT molecular complexity index is 551. The zero-order chi connectivity index (χ0) is 9.38. The van der Waals surface area contributed by atoms with Crippen molar-refractivity contribution in [2.45, 2.75) is 0 Å². The van der Waals surface area contributed by atoms with Crippen LogP contribution >= 0.6 is 0 Å². The van der Waals surface area contributed by atoms with E-state index < -0.39 is 0 Å². The Hall–Kier alpha value is -2.03. The standard InChI is InChI=1S/C11H8N2O/c1-2-11-12-4-5-13(11)7-9(1)10-3-6-14-8-10/h1-8H. The van der Waals surface area contributed by atoms with Gasteiger partial charge in [-0.25, -0.2) is 4.98 Å². The summed E-state index contributed by atoms with van der Waals surface area (Å²) in [6.07, 6.45) is 9.16. The molecule has 0 aromatic carbocycles. The first-order valence-corrected chi connectivity index (χ1v) is 4.39. The number of imidazole rings is 1. The van der Waals surface area contributed by atoms with Gasteiger partial charge in [-0.2, -0.15) is 0 Å². The van der Waals surface area contributed by atoms with E-state index in [1.807, 2.05) is 35.0 Å². The molecule has 0 N–H and O–H groups in total. The van der Waals surface area contributed by atoms with Gasteiger partial charge in [0.15, 0.2) is 0 Å². The van der Waals surface area contributed by atoms with Gasteiger partial charge in [-0.15, -0.1) is 0 Å². The lowest BCUT2D eigenvalue weighted by atomic mass is 10.1. The van der Waals surface area contributed by atoms with Gasteiger partial charge >= 0.3 is 0 Å². The minimum Gasteiger partial charge on any atom is -0.472 e. The van der Waals surface area contributed by atoms with Gasteiger partial charge in [-0.05, 0) is 18.2 Å². The van der Waals surface area contributed by atoms with E-state index in [-0.39, 0.29) is 0 Å². The molecule has 0 atom stereocenters. The number of hydrogen-bond donors (Lipinski definition) is 0. The summed E-state index contributed by atoms with van der Waals surface area (Å²) in [7, 11) is 0. The van der Waals surface area contributed by atoms with Crippen molar-refractivity contribution in [2.24, 2.45) is 0 Å². The summed E-state index contributed by atoms with van der Waals surface area (Å²) in [5.74, 6) is 0. The van der Waals surface area contributed by atoms with Gasteiger partial charge in [-0.1, -0.05) is 0 Å². The molecule has 3 heterocycles. The summed E-state index contributed by atoms with van der Waals surface area (Å²) in [6, 6.07) is 5.97. The van der Waals surface area contributed by atoms with E-state index in [0.29, 0.717) is 0 Å². The van der Waals surface area contributed by atoms with Crippen molar-refractivity contribution in [1.82, 2.24) is 9.38 Å². The Morgan fingerprint density at radius 3 is 3.00 bits per heavy atom. The van der Waals surface area contributed by atoms with Crippen molar-refractivity contribution in [2.75, 3.05) is 0 Å². The second-order valence-corrected chi connectivity index (χ2v) is 3.12. The smallest absolute Gasteiger partial charge is 0.136 e. The van der Waals surface area contributed by atoms with Crippen LogP contribution in [0, 0.1) is 0 Å². The quantitative estimate of drug-likeness (QED) is 0.582. The Labute approximate surface area is 80.6 Å². The van der Waals surface area contributed by atoms with Crippen molar-refractivity contribution in [1.29, 1.82) is 0 Å². The van der Waals surface area contributed by atoms with Crippen molar-refractivity contribution in [3.05, 3.63) is 49.3 Å². The topological polar surface area (TPSA) is 30.4 Å². The summed E-state index contributed by atoms with van der Waals surface area (Å²) in [6.45, 7) is 0. The molecule has 0 spiro atoms. The molecule has 0 aliphatic heterocycles. The third kappa shape index (κ3) is 1.03. The number of aromatic nitrogens is 2. The average molecular weight is 184 g/mol. The third-order valence-corrected chi connectivity index (χ3v) is 2.24. The van der Waals surface area contributed by atoms with Gasteiger partial charge in [-0.3, -0.25) is 0 Å². The first-order chi connectivity index (χ1) is 6.93. The van der Waals surface area contributed by atoms with Crippen LogP contribution in [0.25, 0.3) is 16.8 Å². The molecule has 0 aliphatic rings. The molecule has 3 heteroatoms. The molecule has 0 aliphatic carbocycles. The van der Waals surface area contributed by atoms with Gasteiger partial charge < -0.3 is 8.82 Å². The molecule has 0 fully saturated rings. The van der Waals surface area contributed by atoms with Gasteiger partial charge in [0.25, 0.3) is 0 Å². The number of pyridine rings is 1. The Morgan fingerprint density at radius 2 is 2.14 bits per heavy atom. The Morgan fingerprint density at radius 1 is 1.14 bits per heavy atom. The van der Waals surface area contributed by atoms with Crippen LogP contribution in [0.1, 0.15) is 0 Å². The summed E-state index contributed by atoms with van der Waals surface area (Å²) >= 11 is 0. The maximum atomic E-state index is 5.04. The van der Waals surface area contributed by atoms with Gasteiger partial charge in [0, 0.05) is 29.7 Å². The first-order valence-electron chi connectivity index (χ1n) is 4.39. The average Bonchev–Trinajstić information content (AvgIpc) is 2.88. The highest BCUT2D eigenvalue weighted by Crippen LogP contribution is 2.19. The molecule has 3 aromatic rings. The fraction of sp³-hybridized carbons (Fsp3) is 0. The van der Waals surface area contributed by atoms with Crippen LogP contribution < -0.4 is 0 Å². The molecule has 0 unspecified atom stereocenters. The third-order valence-electron chi connectivity index (χ3n) is 2.24. The first kappa shape index (κ1) is 7.38. The number of rotatable bonds is 1. The van der Waals surface area contributed by atoms with Crippen LogP contribution in [-0.4, -0.2) is 9.38 Å². The second kappa shape index (κ2) is 2.73. The lowest BCUT2D eigenvalue weighted by Gasteiger charge is -1.98. The molecule has 3 aromatic heterocycles. The van der Waals surface area contributed by atoms with Crippen molar-refractivity contribution in [3.63, 3.8) is 0 Å². The lowest BCUT2D eigenvalue weighted by molar-refractivity contribution is 0.568. The summed E-state index contributed by atoms with van der Waals surface area (Å²) in [4.78, 5) is 4.18. The maximum absolute atomic E-state index is 5.04. The van der Waals surface area contributed by atoms with Gasteiger partial charge in [0.1, 0.15) is 5.65 Å². The van der Waals surface area contributed by atoms with Crippen LogP contribution in [0.4, 0.5) is 0 Å². The highest BCUT2D eigenvalue weighted by Gasteiger charge is 2.00. The molecule has 3 rings (SSSR count). The van der Waals surface area contributed by atoms with Gasteiger partial charge in [0.2, 0.25) is 0 Å². The number of hydrogen-bond acceptors (Lipinski definition) is 2. The molecule has 0 bridgehead atoms. The molecular weight excluding hydrogens is 176 g/mol. The predicted octanol–water partition coefficient (Wildman–Crippen LogP) is 2.59. The van der Waals surface area contributed by atoms with Crippen LogP contribution in [-0.2, 0) is 0 Å². The molecule has 0 amide bonds. The van der Waals surface area contributed by atoms with Crippen LogP contribution in [0.3, 0.4) is 0 Å². The molecule has 0 saturated carbocycles. The van der Waals surface area contributed by atoms with E-state index in [4.69, 9.17) is 4.42 Å². The van der Waals surface area contributed by atoms with Crippen LogP contribution in [0.15, 0.2) is 53.7 Å². The molecular formula is C11H8N2O. The predicted molar refractivity (Wildman–Crippen MR) is 52.9 cm³/mol. The highest BCUT2D eigenvalue weighted by molar-refractivity contribution is 5.63. The SMILES string of the molecule is c1cn2cc(-c3ccoc3)ccc2n1. The van der Waals surface area contributed by atoms with E-state index in [2.05, 4.69) is 4.98 Å². The molecule has 3 nitrogen and oxygen atoms in total. The summed E-state index contributed by atoms with van der Waals surface area (Å²) in [5, 5.41) is 0. The van der Waals surface area contributed by atoms with Crippen LogP contribution in [0.2, 0.25) is 0 Å². The molecule has 68 valence electrons. The van der Waals surface area contributed by atoms with E-state index in [1.54, 1.807) is 18.7 Å². The van der Waals surface area contributed by atoms with Gasteiger partial charge in [0.05, 0.1) is 12.5 Å². The monoisotopic (exact) mass is 184 g/mol. The van der Waals surface area contributed by atoms with Crippen molar-refractivity contribution in [3.8, 4) is 11.1 Å². The maximum Gasteiger partial charge on any atom is 0.136 e.